The van der Waals surface area contributed by atoms with Crippen molar-refractivity contribution in [2.24, 2.45) is 5.92 Å². The quantitative estimate of drug-likeness (QED) is 0.728. The van der Waals surface area contributed by atoms with Crippen LogP contribution in [0.4, 0.5) is 0 Å². The molecule has 20 heavy (non-hydrogen) atoms. The van der Waals surface area contributed by atoms with Crippen LogP contribution in [0.2, 0.25) is 0 Å². The standard InChI is InChI=1S/C16H29NO3/c1-16(2,3)20-15(19)11-10-14(18)17(4)12-13-8-6-5-7-9-13/h13H,5-12H2,1-4H3. The molecular formula is C16H29NO3. The van der Waals surface area contributed by atoms with Gasteiger partial charge in [-0.2, -0.15) is 0 Å². The van der Waals surface area contributed by atoms with Crippen LogP contribution in [0.25, 0.3) is 0 Å². The molecule has 1 fully saturated rings. The lowest BCUT2D eigenvalue weighted by Crippen LogP contribution is -2.33. The molecule has 0 unspecified atom stereocenters. The van der Waals surface area contributed by atoms with E-state index in [-0.39, 0.29) is 24.7 Å². The largest absolute Gasteiger partial charge is 0.460 e. The maximum atomic E-state index is 12.0. The van der Waals surface area contributed by atoms with E-state index in [1.54, 1.807) is 4.90 Å². The third kappa shape index (κ3) is 6.92. The van der Waals surface area contributed by atoms with Crippen molar-refractivity contribution in [1.29, 1.82) is 0 Å². The summed E-state index contributed by atoms with van der Waals surface area (Å²) in [5, 5.41) is 0. The molecule has 1 rings (SSSR count). The molecule has 1 amide bonds. The minimum Gasteiger partial charge on any atom is -0.460 e. The van der Waals surface area contributed by atoms with E-state index in [1.165, 1.54) is 32.1 Å². The second-order valence-electron chi connectivity index (χ2n) is 6.86. The maximum Gasteiger partial charge on any atom is 0.306 e. The van der Waals surface area contributed by atoms with E-state index < -0.39 is 5.60 Å². The second-order valence-corrected chi connectivity index (χ2v) is 6.86. The van der Waals surface area contributed by atoms with Crippen LogP contribution in [0.5, 0.6) is 0 Å². The van der Waals surface area contributed by atoms with Gasteiger partial charge in [0.1, 0.15) is 5.60 Å². The van der Waals surface area contributed by atoms with E-state index in [2.05, 4.69) is 0 Å². The number of ether oxygens (including phenoxy) is 1. The Morgan fingerprint density at radius 2 is 1.70 bits per heavy atom. The molecule has 0 aliphatic heterocycles. The van der Waals surface area contributed by atoms with Gasteiger partial charge >= 0.3 is 5.97 Å². The number of carbonyl (C=O) groups is 2. The summed E-state index contributed by atoms with van der Waals surface area (Å²) in [6.07, 6.45) is 6.76. The normalized spacial score (nSPS) is 16.8. The van der Waals surface area contributed by atoms with Gasteiger partial charge < -0.3 is 9.64 Å². The Morgan fingerprint density at radius 1 is 1.10 bits per heavy atom. The third-order valence-electron chi connectivity index (χ3n) is 3.65. The van der Waals surface area contributed by atoms with E-state index in [1.807, 2.05) is 27.8 Å². The molecule has 0 spiro atoms. The Morgan fingerprint density at radius 3 is 2.25 bits per heavy atom. The molecule has 0 bridgehead atoms. The summed E-state index contributed by atoms with van der Waals surface area (Å²) in [5.41, 5.74) is -0.478. The van der Waals surface area contributed by atoms with Gasteiger partial charge in [0, 0.05) is 20.0 Å². The highest BCUT2D eigenvalue weighted by Gasteiger charge is 2.20. The first-order valence-electron chi connectivity index (χ1n) is 7.74. The average Bonchev–Trinajstić information content (AvgIpc) is 2.35. The molecular weight excluding hydrogens is 254 g/mol. The summed E-state index contributed by atoms with van der Waals surface area (Å²) >= 11 is 0. The van der Waals surface area contributed by atoms with Gasteiger partial charge in [-0.05, 0) is 39.5 Å². The molecule has 0 aromatic carbocycles. The molecule has 4 nitrogen and oxygen atoms in total. The van der Waals surface area contributed by atoms with Crippen LogP contribution >= 0.6 is 0 Å². The van der Waals surface area contributed by atoms with Gasteiger partial charge in [-0.25, -0.2) is 0 Å². The Bertz CT molecular complexity index is 327. The van der Waals surface area contributed by atoms with E-state index in [9.17, 15) is 9.59 Å². The highest BCUT2D eigenvalue weighted by molar-refractivity contribution is 5.81. The Kier molecular flexibility index (Phi) is 6.50. The summed E-state index contributed by atoms with van der Waals surface area (Å²) in [7, 11) is 1.84. The minimum atomic E-state index is -0.478. The molecule has 1 aliphatic carbocycles. The van der Waals surface area contributed by atoms with Gasteiger partial charge in [0.05, 0.1) is 6.42 Å². The second kappa shape index (κ2) is 7.65. The van der Waals surface area contributed by atoms with Crippen LogP contribution in [0.3, 0.4) is 0 Å². The molecule has 0 atom stereocenters. The zero-order valence-electron chi connectivity index (χ0n) is 13.4. The first kappa shape index (κ1) is 17.0. The maximum absolute atomic E-state index is 12.0. The third-order valence-corrected chi connectivity index (χ3v) is 3.65. The van der Waals surface area contributed by atoms with Gasteiger partial charge in [0.2, 0.25) is 5.91 Å². The fourth-order valence-electron chi connectivity index (χ4n) is 2.65. The van der Waals surface area contributed by atoms with E-state index in [4.69, 9.17) is 4.74 Å². The lowest BCUT2D eigenvalue weighted by Gasteiger charge is -2.27. The Balaban J connectivity index is 2.25. The molecule has 1 saturated carbocycles. The predicted octanol–water partition coefficient (Wildman–Crippen LogP) is 3.15. The van der Waals surface area contributed by atoms with Gasteiger partial charge in [0.25, 0.3) is 0 Å². The van der Waals surface area contributed by atoms with Crippen LogP contribution in [-0.4, -0.2) is 36.0 Å². The molecule has 116 valence electrons. The number of amides is 1. The monoisotopic (exact) mass is 283 g/mol. The van der Waals surface area contributed by atoms with Crippen LogP contribution in [0.15, 0.2) is 0 Å². The van der Waals surface area contributed by atoms with Gasteiger partial charge in [-0.15, -0.1) is 0 Å². The van der Waals surface area contributed by atoms with Gasteiger partial charge in [-0.1, -0.05) is 19.3 Å². The number of nitrogens with zero attached hydrogens (tertiary/aromatic N) is 1. The molecule has 4 heteroatoms. The number of hydrogen-bond donors (Lipinski definition) is 0. The summed E-state index contributed by atoms with van der Waals surface area (Å²) < 4.78 is 5.21. The topological polar surface area (TPSA) is 46.6 Å². The lowest BCUT2D eigenvalue weighted by atomic mass is 9.89. The molecule has 0 saturated heterocycles. The van der Waals surface area contributed by atoms with Crippen molar-refractivity contribution in [3.05, 3.63) is 0 Å². The van der Waals surface area contributed by atoms with Crippen molar-refractivity contribution < 1.29 is 14.3 Å². The predicted molar refractivity (Wildman–Crippen MR) is 79.3 cm³/mol. The van der Waals surface area contributed by atoms with Gasteiger partial charge in [-0.3, -0.25) is 9.59 Å². The molecule has 1 aliphatic rings. The molecule has 0 radical (unpaired) electrons. The molecule has 0 aromatic heterocycles. The molecule has 0 heterocycles. The zero-order chi connectivity index (χ0) is 15.2. The summed E-state index contributed by atoms with van der Waals surface area (Å²) in [6, 6.07) is 0. The molecule has 0 N–H and O–H groups in total. The fraction of sp³-hybridized carbons (Fsp3) is 0.875. The minimum absolute atomic E-state index is 0.0430. The van der Waals surface area contributed by atoms with Crippen LogP contribution in [0, 0.1) is 5.92 Å². The summed E-state index contributed by atoms with van der Waals surface area (Å²) in [6.45, 7) is 6.33. The highest BCUT2D eigenvalue weighted by Crippen LogP contribution is 2.24. The molecule has 0 aromatic rings. The van der Waals surface area contributed by atoms with E-state index >= 15 is 0 Å². The average molecular weight is 283 g/mol. The number of esters is 1. The number of carbonyl (C=O) groups excluding carboxylic acids is 2. The van der Waals surface area contributed by atoms with Crippen molar-refractivity contribution >= 4 is 11.9 Å². The Hall–Kier alpha value is -1.06. The first-order chi connectivity index (χ1) is 9.28. The van der Waals surface area contributed by atoms with Crippen molar-refractivity contribution in [3.63, 3.8) is 0 Å². The lowest BCUT2D eigenvalue weighted by molar-refractivity contribution is -0.156. The first-order valence-corrected chi connectivity index (χ1v) is 7.74. The summed E-state index contributed by atoms with van der Waals surface area (Å²) in [5.74, 6) is 0.387. The fourth-order valence-corrected chi connectivity index (χ4v) is 2.65. The van der Waals surface area contributed by atoms with Gasteiger partial charge in [0.15, 0.2) is 0 Å². The Labute approximate surface area is 122 Å². The smallest absolute Gasteiger partial charge is 0.306 e. The van der Waals surface area contributed by atoms with Crippen molar-refractivity contribution in [2.75, 3.05) is 13.6 Å². The number of hydrogen-bond acceptors (Lipinski definition) is 3. The summed E-state index contributed by atoms with van der Waals surface area (Å²) in [4.78, 5) is 25.4. The highest BCUT2D eigenvalue weighted by atomic mass is 16.6. The van der Waals surface area contributed by atoms with Crippen molar-refractivity contribution in [2.45, 2.75) is 71.3 Å². The number of rotatable bonds is 5. The van der Waals surface area contributed by atoms with Crippen LogP contribution in [-0.2, 0) is 14.3 Å². The van der Waals surface area contributed by atoms with E-state index in [0.717, 1.165) is 6.54 Å². The van der Waals surface area contributed by atoms with E-state index in [0.29, 0.717) is 5.92 Å². The van der Waals surface area contributed by atoms with Crippen molar-refractivity contribution in [1.82, 2.24) is 4.90 Å². The SMILES string of the molecule is CN(CC1CCCCC1)C(=O)CCC(=O)OC(C)(C)C. The zero-order valence-corrected chi connectivity index (χ0v) is 13.4. The van der Waals surface area contributed by atoms with Crippen molar-refractivity contribution in [3.8, 4) is 0 Å². The van der Waals surface area contributed by atoms with Crippen LogP contribution < -0.4 is 0 Å². The van der Waals surface area contributed by atoms with Crippen LogP contribution in [0.1, 0.15) is 65.7 Å².